The predicted octanol–water partition coefficient (Wildman–Crippen LogP) is 4.92. The summed E-state index contributed by atoms with van der Waals surface area (Å²) in [5.74, 6) is 2.14. The first-order valence-electron chi connectivity index (χ1n) is 11.1. The van der Waals surface area contributed by atoms with E-state index in [2.05, 4.69) is 59.3 Å². The van der Waals surface area contributed by atoms with Crippen molar-refractivity contribution in [3.05, 3.63) is 59.9 Å². The van der Waals surface area contributed by atoms with Crippen molar-refractivity contribution < 1.29 is 9.53 Å². The van der Waals surface area contributed by atoms with Gasteiger partial charge in [-0.3, -0.25) is 4.79 Å². The Kier molecular flexibility index (Phi) is 8.30. The van der Waals surface area contributed by atoms with Crippen LogP contribution < -0.4 is 10.1 Å². The first kappa shape index (κ1) is 21.9. The average molecular weight is 408 g/mol. The lowest BCUT2D eigenvalue weighted by Gasteiger charge is -2.11. The van der Waals surface area contributed by atoms with E-state index in [1.165, 1.54) is 11.1 Å². The lowest BCUT2D eigenvalue weighted by Crippen LogP contribution is -2.23. The van der Waals surface area contributed by atoms with Crippen molar-refractivity contribution in [1.29, 1.82) is 0 Å². The van der Waals surface area contributed by atoms with Crippen molar-refractivity contribution in [3.63, 3.8) is 0 Å². The molecule has 3 rings (SSSR count). The molecule has 0 atom stereocenters. The molecule has 0 aliphatic rings. The van der Waals surface area contributed by atoms with Gasteiger partial charge in [0.05, 0.1) is 17.6 Å². The van der Waals surface area contributed by atoms with Crippen molar-refractivity contribution in [1.82, 2.24) is 14.9 Å². The van der Waals surface area contributed by atoms with Gasteiger partial charge in [-0.05, 0) is 55.5 Å². The maximum absolute atomic E-state index is 11.4. The zero-order chi connectivity index (χ0) is 21.2. The molecule has 0 aliphatic carbocycles. The summed E-state index contributed by atoms with van der Waals surface area (Å²) in [4.78, 5) is 16.3. The molecule has 0 radical (unpaired) electrons. The first-order chi connectivity index (χ1) is 14.7. The number of benzene rings is 2. The van der Waals surface area contributed by atoms with Gasteiger partial charge >= 0.3 is 0 Å². The van der Waals surface area contributed by atoms with Gasteiger partial charge in [-0.15, -0.1) is 0 Å². The number of para-hydroxylation sites is 2. The van der Waals surface area contributed by atoms with E-state index in [0.717, 1.165) is 62.3 Å². The number of hydrogen-bond donors (Lipinski definition) is 1. The molecule has 0 unspecified atom stereocenters. The minimum atomic E-state index is 0.104. The van der Waals surface area contributed by atoms with Crippen molar-refractivity contribution in [2.24, 2.45) is 0 Å². The van der Waals surface area contributed by atoms with Gasteiger partial charge in [-0.1, -0.05) is 38.1 Å². The van der Waals surface area contributed by atoms with Crippen molar-refractivity contribution in [3.8, 4) is 5.75 Å². The number of fused-ring (bicyclic) bond motifs is 1. The van der Waals surface area contributed by atoms with Crippen LogP contribution in [0.1, 0.15) is 50.9 Å². The molecule has 1 N–H and O–H groups in total. The molecule has 0 bridgehead atoms. The molecule has 3 aromatic rings. The summed E-state index contributed by atoms with van der Waals surface area (Å²) < 4.78 is 8.22. The topological polar surface area (TPSA) is 56.2 Å². The van der Waals surface area contributed by atoms with Crippen LogP contribution in [0.5, 0.6) is 5.75 Å². The van der Waals surface area contributed by atoms with Crippen LogP contribution in [0.4, 0.5) is 0 Å². The minimum absolute atomic E-state index is 0.104. The van der Waals surface area contributed by atoms with Crippen LogP contribution >= 0.6 is 0 Å². The van der Waals surface area contributed by atoms with Crippen molar-refractivity contribution in [2.75, 3.05) is 13.2 Å². The van der Waals surface area contributed by atoms with Gasteiger partial charge in [-0.25, -0.2) is 4.98 Å². The van der Waals surface area contributed by atoms with Gasteiger partial charge in [0.2, 0.25) is 5.91 Å². The van der Waals surface area contributed by atoms with Crippen LogP contribution in [0.3, 0.4) is 0 Å². The third-order valence-electron chi connectivity index (χ3n) is 5.33. The Bertz CT molecular complexity index is 931. The lowest BCUT2D eigenvalue weighted by atomic mass is 10.2. The van der Waals surface area contributed by atoms with E-state index in [0.29, 0.717) is 13.0 Å². The normalized spacial score (nSPS) is 11.0. The predicted molar refractivity (Wildman–Crippen MR) is 122 cm³/mol. The number of carbonyl (C=O) groups is 1. The highest BCUT2D eigenvalue weighted by atomic mass is 16.5. The van der Waals surface area contributed by atoms with Crippen LogP contribution in [0, 0.1) is 0 Å². The average Bonchev–Trinajstić information content (AvgIpc) is 3.14. The monoisotopic (exact) mass is 407 g/mol. The fourth-order valence-corrected chi connectivity index (χ4v) is 3.55. The van der Waals surface area contributed by atoms with Crippen molar-refractivity contribution >= 4 is 16.9 Å². The summed E-state index contributed by atoms with van der Waals surface area (Å²) in [7, 11) is 0. The molecule has 1 heterocycles. The number of nitrogens with zero attached hydrogens (tertiary/aromatic N) is 2. The van der Waals surface area contributed by atoms with E-state index in [1.807, 2.05) is 13.0 Å². The number of imidazole rings is 1. The van der Waals surface area contributed by atoms with Crippen LogP contribution in [-0.2, 0) is 24.2 Å². The summed E-state index contributed by atoms with van der Waals surface area (Å²) in [5, 5.41) is 2.95. The summed E-state index contributed by atoms with van der Waals surface area (Å²) in [5.41, 5.74) is 3.55. The molecule has 5 nitrogen and oxygen atoms in total. The quantitative estimate of drug-likeness (QED) is 0.434. The van der Waals surface area contributed by atoms with E-state index >= 15 is 0 Å². The largest absolute Gasteiger partial charge is 0.494 e. The molecular weight excluding hydrogens is 374 g/mol. The second kappa shape index (κ2) is 11.4. The smallest absolute Gasteiger partial charge is 0.219 e. The third-order valence-corrected chi connectivity index (χ3v) is 5.33. The fourth-order valence-electron chi connectivity index (χ4n) is 3.55. The number of aromatic nitrogens is 2. The molecule has 30 heavy (non-hydrogen) atoms. The van der Waals surface area contributed by atoms with E-state index in [-0.39, 0.29) is 5.91 Å². The Morgan fingerprint density at radius 2 is 1.83 bits per heavy atom. The number of nitrogens with one attached hydrogen (secondary N) is 1. The molecule has 160 valence electrons. The van der Waals surface area contributed by atoms with E-state index in [1.54, 1.807) is 0 Å². The maximum atomic E-state index is 11.4. The van der Waals surface area contributed by atoms with Gasteiger partial charge in [0.15, 0.2) is 0 Å². The number of unbranched alkanes of at least 4 members (excludes halogenated alkanes) is 1. The Hall–Kier alpha value is -2.82. The maximum Gasteiger partial charge on any atom is 0.219 e. The molecule has 1 aromatic heterocycles. The summed E-state index contributed by atoms with van der Waals surface area (Å²) in [6, 6.07) is 16.7. The lowest BCUT2D eigenvalue weighted by molar-refractivity contribution is -0.120. The highest BCUT2D eigenvalue weighted by Gasteiger charge is 2.10. The molecule has 0 spiro atoms. The molecule has 5 heteroatoms. The van der Waals surface area contributed by atoms with Crippen molar-refractivity contribution in [2.45, 2.75) is 58.9 Å². The number of rotatable bonds is 12. The SMILES string of the molecule is CCC(=O)NCCCc1nc2ccccc2n1CCCCOc1ccc(CC)cc1. The molecule has 2 aromatic carbocycles. The van der Waals surface area contributed by atoms with Gasteiger partial charge in [0, 0.05) is 25.9 Å². The molecule has 0 fully saturated rings. The van der Waals surface area contributed by atoms with E-state index in [4.69, 9.17) is 9.72 Å². The van der Waals surface area contributed by atoms with Crippen LogP contribution in [0.25, 0.3) is 11.0 Å². The van der Waals surface area contributed by atoms with Crippen LogP contribution in [0.2, 0.25) is 0 Å². The van der Waals surface area contributed by atoms with E-state index < -0.39 is 0 Å². The number of amides is 1. The fraction of sp³-hybridized carbons (Fsp3) is 0.440. The molecule has 1 amide bonds. The number of hydrogen-bond acceptors (Lipinski definition) is 3. The highest BCUT2D eigenvalue weighted by molar-refractivity contribution is 5.76. The van der Waals surface area contributed by atoms with Gasteiger partial charge in [0.25, 0.3) is 0 Å². The Morgan fingerprint density at radius 1 is 1.03 bits per heavy atom. The summed E-state index contributed by atoms with van der Waals surface area (Å²) in [6.07, 6.45) is 5.36. The third kappa shape index (κ3) is 6.09. The summed E-state index contributed by atoms with van der Waals surface area (Å²) in [6.45, 7) is 6.37. The standard InChI is InChI=1S/C25H33N3O2/c1-3-20-13-15-21(16-14-20)30-19-8-7-18-28-23-11-6-5-10-22(23)27-24(28)12-9-17-26-25(29)4-2/h5-6,10-11,13-16H,3-4,7-9,12,17-19H2,1-2H3,(H,26,29). The highest BCUT2D eigenvalue weighted by Crippen LogP contribution is 2.18. The van der Waals surface area contributed by atoms with Crippen LogP contribution in [0.15, 0.2) is 48.5 Å². The Balaban J connectivity index is 1.51. The molecule has 0 saturated heterocycles. The first-order valence-corrected chi connectivity index (χ1v) is 11.1. The minimum Gasteiger partial charge on any atom is -0.494 e. The Labute approximate surface area is 179 Å². The number of ether oxygens (including phenoxy) is 1. The van der Waals surface area contributed by atoms with Gasteiger partial charge in [-0.2, -0.15) is 0 Å². The molecule has 0 saturated carbocycles. The molecule has 0 aliphatic heterocycles. The van der Waals surface area contributed by atoms with Gasteiger partial charge in [0.1, 0.15) is 11.6 Å². The van der Waals surface area contributed by atoms with Crippen LogP contribution in [-0.4, -0.2) is 28.6 Å². The molecular formula is C25H33N3O2. The number of carbonyl (C=O) groups excluding carboxylic acids is 1. The second-order valence-corrected chi connectivity index (χ2v) is 7.53. The zero-order valence-electron chi connectivity index (χ0n) is 18.2. The number of aryl methyl sites for hydroxylation is 3. The Morgan fingerprint density at radius 3 is 2.60 bits per heavy atom. The zero-order valence-corrected chi connectivity index (χ0v) is 18.2. The summed E-state index contributed by atoms with van der Waals surface area (Å²) >= 11 is 0. The van der Waals surface area contributed by atoms with E-state index in [9.17, 15) is 4.79 Å². The second-order valence-electron chi connectivity index (χ2n) is 7.53. The van der Waals surface area contributed by atoms with Gasteiger partial charge < -0.3 is 14.6 Å².